The second-order valence-electron chi connectivity index (χ2n) is 4.36. The minimum Gasteiger partial charge on any atom is -0.358 e. The van der Waals surface area contributed by atoms with E-state index in [1.54, 1.807) is 0 Å². The maximum absolute atomic E-state index is 12.7. The molecule has 0 spiro atoms. The molecule has 0 saturated carbocycles. The molecule has 0 aliphatic carbocycles. The highest BCUT2D eigenvalue weighted by atomic mass is 19.4. The van der Waals surface area contributed by atoms with Gasteiger partial charge in [-0.1, -0.05) is 0 Å². The molecule has 0 radical (unpaired) electrons. The molecular formula is C11H12F3N5O2. The van der Waals surface area contributed by atoms with Gasteiger partial charge in [-0.05, 0) is 6.42 Å². The zero-order chi connectivity index (χ0) is 15.6. The van der Waals surface area contributed by atoms with Crippen LogP contribution in [0.15, 0.2) is 6.07 Å². The summed E-state index contributed by atoms with van der Waals surface area (Å²) in [6.45, 7) is 0. The molecule has 1 fully saturated rings. The van der Waals surface area contributed by atoms with Crippen LogP contribution in [0.1, 0.15) is 18.5 Å². The van der Waals surface area contributed by atoms with Gasteiger partial charge in [0.05, 0.1) is 0 Å². The third-order valence-electron chi connectivity index (χ3n) is 2.80. The summed E-state index contributed by atoms with van der Waals surface area (Å²) in [6.07, 6.45) is -4.33. The molecule has 2 heterocycles. The van der Waals surface area contributed by atoms with E-state index in [1.807, 2.05) is 0 Å². The van der Waals surface area contributed by atoms with Crippen molar-refractivity contribution in [2.75, 3.05) is 17.7 Å². The summed E-state index contributed by atoms with van der Waals surface area (Å²) in [4.78, 5) is 29.7. The first kappa shape index (κ1) is 15.0. The van der Waals surface area contributed by atoms with Crippen LogP contribution in [0.4, 0.5) is 24.9 Å². The maximum Gasteiger partial charge on any atom is 0.433 e. The number of hydrogen-bond acceptors (Lipinski definition) is 6. The predicted octanol–water partition coefficient (Wildman–Crippen LogP) is 0.754. The molecule has 2 rings (SSSR count). The van der Waals surface area contributed by atoms with Crippen LogP contribution in [-0.2, 0) is 15.8 Å². The Bertz CT molecular complexity index is 575. The van der Waals surface area contributed by atoms with Gasteiger partial charge in [-0.15, -0.1) is 0 Å². The van der Waals surface area contributed by atoms with Gasteiger partial charge in [0, 0.05) is 19.5 Å². The van der Waals surface area contributed by atoms with Crippen LogP contribution in [0.5, 0.6) is 0 Å². The number of nitrogens with one attached hydrogen (secondary N) is 3. The number of imide groups is 1. The summed E-state index contributed by atoms with van der Waals surface area (Å²) < 4.78 is 38.2. The quantitative estimate of drug-likeness (QED) is 0.713. The fraction of sp³-hybridized carbons (Fsp3) is 0.455. The Morgan fingerprint density at radius 3 is 2.62 bits per heavy atom. The number of anilines is 2. The SMILES string of the molecule is CNc1nc(NC2CCC(=O)NC2=O)cc(C(F)(F)F)n1. The molecule has 2 amide bonds. The van der Waals surface area contributed by atoms with Gasteiger partial charge >= 0.3 is 6.18 Å². The fourth-order valence-electron chi connectivity index (χ4n) is 1.79. The van der Waals surface area contributed by atoms with Crippen molar-refractivity contribution in [2.45, 2.75) is 25.1 Å². The van der Waals surface area contributed by atoms with E-state index in [0.717, 1.165) is 0 Å². The molecule has 1 aromatic rings. The summed E-state index contributed by atoms with van der Waals surface area (Å²) >= 11 is 0. The minimum atomic E-state index is -4.63. The summed E-state index contributed by atoms with van der Waals surface area (Å²) in [5, 5.41) is 7.10. The number of rotatable bonds is 3. The average molecular weight is 303 g/mol. The Kier molecular flexibility index (Phi) is 3.96. The average Bonchev–Trinajstić information content (AvgIpc) is 2.40. The Labute approximate surface area is 117 Å². The molecule has 1 saturated heterocycles. The summed E-state index contributed by atoms with van der Waals surface area (Å²) in [6, 6.07) is -0.103. The highest BCUT2D eigenvalue weighted by Crippen LogP contribution is 2.29. The van der Waals surface area contributed by atoms with Gasteiger partial charge in [0.1, 0.15) is 11.9 Å². The second kappa shape index (κ2) is 5.54. The highest BCUT2D eigenvalue weighted by Gasteiger charge is 2.34. The lowest BCUT2D eigenvalue weighted by Crippen LogP contribution is -2.47. The molecule has 1 unspecified atom stereocenters. The normalized spacial score (nSPS) is 19.1. The van der Waals surface area contributed by atoms with Gasteiger partial charge in [0.25, 0.3) is 0 Å². The first-order valence-electron chi connectivity index (χ1n) is 6.04. The molecular weight excluding hydrogens is 291 g/mol. The van der Waals surface area contributed by atoms with Crippen LogP contribution < -0.4 is 16.0 Å². The lowest BCUT2D eigenvalue weighted by molar-refractivity contribution is -0.141. The number of carbonyl (C=O) groups is 2. The third-order valence-corrected chi connectivity index (χ3v) is 2.80. The first-order valence-corrected chi connectivity index (χ1v) is 6.04. The van der Waals surface area contributed by atoms with E-state index in [9.17, 15) is 22.8 Å². The Hall–Kier alpha value is -2.39. The molecule has 1 aliphatic rings. The van der Waals surface area contributed by atoms with Gasteiger partial charge in [-0.2, -0.15) is 18.2 Å². The van der Waals surface area contributed by atoms with Crippen molar-refractivity contribution in [1.29, 1.82) is 0 Å². The van der Waals surface area contributed by atoms with Crippen molar-refractivity contribution in [3.05, 3.63) is 11.8 Å². The molecule has 1 aromatic heterocycles. The van der Waals surface area contributed by atoms with E-state index < -0.39 is 29.7 Å². The largest absolute Gasteiger partial charge is 0.433 e. The van der Waals surface area contributed by atoms with Gasteiger partial charge in [0.2, 0.25) is 17.8 Å². The zero-order valence-electron chi connectivity index (χ0n) is 10.9. The van der Waals surface area contributed by atoms with Crippen LogP contribution in [-0.4, -0.2) is 34.9 Å². The van der Waals surface area contributed by atoms with Crippen LogP contribution in [0.25, 0.3) is 0 Å². The van der Waals surface area contributed by atoms with Crippen molar-refractivity contribution >= 4 is 23.6 Å². The number of alkyl halides is 3. The van der Waals surface area contributed by atoms with Crippen LogP contribution in [0.2, 0.25) is 0 Å². The molecule has 1 aliphatic heterocycles. The first-order chi connectivity index (χ1) is 9.79. The molecule has 0 aromatic carbocycles. The van der Waals surface area contributed by atoms with Crippen molar-refractivity contribution in [2.24, 2.45) is 0 Å². The standard InChI is InChI=1S/C11H12F3N5O2/c1-15-10-17-6(11(12,13)14)4-7(18-10)16-5-2-3-8(20)19-9(5)21/h4-5H,2-3H2,1H3,(H,19,20,21)(H2,15,16,17,18). The lowest BCUT2D eigenvalue weighted by Gasteiger charge is -2.22. The molecule has 0 bridgehead atoms. The van der Waals surface area contributed by atoms with Gasteiger partial charge in [-0.25, -0.2) is 4.98 Å². The Morgan fingerprint density at radius 2 is 2.05 bits per heavy atom. The van der Waals surface area contributed by atoms with E-state index >= 15 is 0 Å². The van der Waals surface area contributed by atoms with Crippen molar-refractivity contribution in [3.63, 3.8) is 0 Å². The summed E-state index contributed by atoms with van der Waals surface area (Å²) in [5.74, 6) is -1.37. The minimum absolute atomic E-state index is 0.111. The Morgan fingerprint density at radius 1 is 1.33 bits per heavy atom. The summed E-state index contributed by atoms with van der Waals surface area (Å²) in [7, 11) is 1.38. The molecule has 7 nitrogen and oxygen atoms in total. The molecule has 1 atom stereocenters. The number of halogens is 3. The predicted molar refractivity (Wildman–Crippen MR) is 66.4 cm³/mol. The molecule has 3 N–H and O–H groups in total. The number of aromatic nitrogens is 2. The molecule has 114 valence electrons. The molecule has 21 heavy (non-hydrogen) atoms. The lowest BCUT2D eigenvalue weighted by atomic mass is 10.1. The maximum atomic E-state index is 12.7. The van der Waals surface area contributed by atoms with E-state index in [1.165, 1.54) is 7.05 Å². The van der Waals surface area contributed by atoms with Gasteiger partial charge in [-0.3, -0.25) is 14.9 Å². The van der Waals surface area contributed by atoms with E-state index in [4.69, 9.17) is 0 Å². The van der Waals surface area contributed by atoms with E-state index in [2.05, 4.69) is 25.9 Å². The van der Waals surface area contributed by atoms with Crippen LogP contribution >= 0.6 is 0 Å². The monoisotopic (exact) mass is 303 g/mol. The molecule has 10 heteroatoms. The van der Waals surface area contributed by atoms with Gasteiger partial charge in [0.15, 0.2) is 5.69 Å². The summed E-state index contributed by atoms with van der Waals surface area (Å²) in [5.41, 5.74) is -1.13. The van der Waals surface area contributed by atoms with Gasteiger partial charge < -0.3 is 10.6 Å². The number of hydrogen-bond donors (Lipinski definition) is 3. The van der Waals surface area contributed by atoms with E-state index in [-0.39, 0.29) is 24.6 Å². The second-order valence-corrected chi connectivity index (χ2v) is 4.36. The number of piperidine rings is 1. The third kappa shape index (κ3) is 3.58. The smallest absolute Gasteiger partial charge is 0.358 e. The van der Waals surface area contributed by atoms with Crippen LogP contribution in [0.3, 0.4) is 0 Å². The highest BCUT2D eigenvalue weighted by molar-refractivity contribution is 6.01. The van der Waals surface area contributed by atoms with E-state index in [0.29, 0.717) is 6.07 Å². The Balaban J connectivity index is 2.23. The topological polar surface area (TPSA) is 96.0 Å². The zero-order valence-corrected chi connectivity index (χ0v) is 10.9. The van der Waals surface area contributed by atoms with Crippen LogP contribution in [0, 0.1) is 0 Å². The van der Waals surface area contributed by atoms with Crippen molar-refractivity contribution in [3.8, 4) is 0 Å². The number of carbonyl (C=O) groups excluding carboxylic acids is 2. The van der Waals surface area contributed by atoms with Crippen molar-refractivity contribution in [1.82, 2.24) is 15.3 Å². The number of nitrogens with zero attached hydrogens (tertiary/aromatic N) is 2. The van der Waals surface area contributed by atoms with Crippen molar-refractivity contribution < 1.29 is 22.8 Å². The number of amides is 2. The fourth-order valence-corrected chi connectivity index (χ4v) is 1.79.